The van der Waals surface area contributed by atoms with Crippen molar-refractivity contribution in [1.82, 2.24) is 0 Å². The van der Waals surface area contributed by atoms with Gasteiger partial charge >= 0.3 is 0 Å². The predicted molar refractivity (Wildman–Crippen MR) is 97.8 cm³/mol. The highest BCUT2D eigenvalue weighted by Crippen LogP contribution is 2.40. The zero-order chi connectivity index (χ0) is 19.1. The molecule has 0 unspecified atom stereocenters. The molecule has 3 rings (SSSR count). The van der Waals surface area contributed by atoms with Gasteiger partial charge in [0, 0.05) is 21.8 Å². The highest BCUT2D eigenvalue weighted by Gasteiger charge is 2.47. The molecule has 0 saturated heterocycles. The van der Waals surface area contributed by atoms with Gasteiger partial charge in [-0.05, 0) is 30.3 Å². The number of aliphatic hydroxyl groups is 1. The van der Waals surface area contributed by atoms with E-state index in [4.69, 9.17) is 11.6 Å². The molecule has 2 aromatic rings. The highest BCUT2D eigenvalue weighted by atomic mass is 35.5. The summed E-state index contributed by atoms with van der Waals surface area (Å²) >= 11 is 5.94. The Morgan fingerprint density at radius 1 is 1.27 bits per heavy atom. The van der Waals surface area contributed by atoms with E-state index in [9.17, 15) is 23.1 Å². The van der Waals surface area contributed by atoms with Gasteiger partial charge in [0.25, 0.3) is 5.91 Å². The Morgan fingerprint density at radius 2 is 1.96 bits per heavy atom. The van der Waals surface area contributed by atoms with Gasteiger partial charge in [-0.15, -0.1) is 0 Å². The van der Waals surface area contributed by atoms with E-state index < -0.39 is 33.7 Å². The van der Waals surface area contributed by atoms with E-state index in [1.165, 1.54) is 24.3 Å². The monoisotopic (exact) mass is 394 g/mol. The van der Waals surface area contributed by atoms with E-state index in [1.54, 1.807) is 18.2 Å². The van der Waals surface area contributed by atoms with Crippen LogP contribution in [0.4, 0.5) is 11.4 Å². The van der Waals surface area contributed by atoms with Crippen LogP contribution in [-0.2, 0) is 20.4 Å². The van der Waals surface area contributed by atoms with Crippen LogP contribution in [0.3, 0.4) is 0 Å². The maximum absolute atomic E-state index is 12.7. The summed E-state index contributed by atoms with van der Waals surface area (Å²) in [6.07, 6.45) is 0.402. The van der Waals surface area contributed by atoms with Gasteiger partial charge in [0.1, 0.15) is 0 Å². The molecule has 0 aromatic heterocycles. The van der Waals surface area contributed by atoms with Crippen molar-refractivity contribution in [3.8, 4) is 0 Å². The molecule has 0 aliphatic carbocycles. The summed E-state index contributed by atoms with van der Waals surface area (Å²) < 4.78 is 25.2. The molecular formula is C17H15ClN2O5S. The van der Waals surface area contributed by atoms with Crippen LogP contribution in [0.5, 0.6) is 0 Å². The predicted octanol–water partition coefficient (Wildman–Crippen LogP) is 2.12. The molecule has 26 heavy (non-hydrogen) atoms. The molecule has 2 aromatic carbocycles. The van der Waals surface area contributed by atoms with Gasteiger partial charge in [0.15, 0.2) is 11.4 Å². The Kier molecular flexibility index (Phi) is 4.51. The number of nitrogens with one attached hydrogen (secondary N) is 2. The molecule has 1 heterocycles. The summed E-state index contributed by atoms with van der Waals surface area (Å²) in [5, 5.41) is 13.7. The number of carbonyl (C=O) groups excluding carboxylic acids is 2. The normalized spacial score (nSPS) is 19.0. The number of fused-ring (bicyclic) bond motifs is 1. The van der Waals surface area contributed by atoms with Gasteiger partial charge in [-0.25, -0.2) is 8.42 Å². The number of amides is 1. The zero-order valence-corrected chi connectivity index (χ0v) is 15.2. The van der Waals surface area contributed by atoms with Crippen LogP contribution in [-0.4, -0.2) is 31.5 Å². The minimum Gasteiger partial charge on any atom is -0.375 e. The number of carbonyl (C=O) groups is 2. The number of sulfonamides is 1. The second-order valence-corrected chi connectivity index (χ2v) is 8.21. The fourth-order valence-electron chi connectivity index (χ4n) is 2.83. The average molecular weight is 395 g/mol. The molecule has 0 saturated carbocycles. The lowest BCUT2D eigenvalue weighted by atomic mass is 9.88. The maximum Gasteiger partial charge on any atom is 0.261 e. The highest BCUT2D eigenvalue weighted by molar-refractivity contribution is 7.92. The Balaban J connectivity index is 1.97. The maximum atomic E-state index is 12.7. The summed E-state index contributed by atoms with van der Waals surface area (Å²) in [7, 11) is -3.60. The molecule has 1 atom stereocenters. The summed E-state index contributed by atoms with van der Waals surface area (Å²) in [5.74, 6) is -1.33. The molecule has 1 aliphatic rings. The third-order valence-corrected chi connectivity index (χ3v) is 4.82. The number of rotatable bonds is 5. The van der Waals surface area contributed by atoms with Crippen LogP contribution in [0.15, 0.2) is 42.5 Å². The van der Waals surface area contributed by atoms with Crippen molar-refractivity contribution in [3.63, 3.8) is 0 Å². The molecule has 0 fully saturated rings. The quantitative estimate of drug-likeness (QED) is 0.672. The van der Waals surface area contributed by atoms with Crippen LogP contribution >= 0.6 is 11.6 Å². The number of ketones is 1. The van der Waals surface area contributed by atoms with Crippen molar-refractivity contribution in [2.24, 2.45) is 0 Å². The topological polar surface area (TPSA) is 113 Å². The first-order chi connectivity index (χ1) is 12.1. The fourth-order valence-corrected chi connectivity index (χ4v) is 3.58. The van der Waals surface area contributed by atoms with Crippen LogP contribution in [0.2, 0.25) is 5.02 Å². The average Bonchev–Trinajstić information content (AvgIpc) is 2.77. The summed E-state index contributed by atoms with van der Waals surface area (Å²) in [6, 6.07) is 10.5. The number of halogens is 1. The van der Waals surface area contributed by atoms with Crippen molar-refractivity contribution in [2.75, 3.05) is 16.3 Å². The molecule has 1 aliphatic heterocycles. The van der Waals surface area contributed by atoms with Gasteiger partial charge in [0.2, 0.25) is 10.0 Å². The molecule has 0 radical (unpaired) electrons. The summed E-state index contributed by atoms with van der Waals surface area (Å²) in [5.41, 5.74) is -1.38. The van der Waals surface area contributed by atoms with Crippen LogP contribution in [0.25, 0.3) is 0 Å². The zero-order valence-electron chi connectivity index (χ0n) is 13.6. The number of benzene rings is 2. The summed E-state index contributed by atoms with van der Waals surface area (Å²) in [6.45, 7) is 0. The van der Waals surface area contributed by atoms with E-state index in [1.807, 2.05) is 0 Å². The van der Waals surface area contributed by atoms with E-state index in [-0.39, 0.29) is 16.8 Å². The molecule has 1 amide bonds. The second kappa shape index (κ2) is 6.39. The Morgan fingerprint density at radius 3 is 2.65 bits per heavy atom. The third-order valence-electron chi connectivity index (χ3n) is 3.99. The van der Waals surface area contributed by atoms with E-state index in [0.29, 0.717) is 10.7 Å². The molecule has 3 N–H and O–H groups in total. The SMILES string of the molecule is CS(=O)(=O)Nc1ccccc1C(=O)C[C@]1(O)C(=O)Nc2ccc(Cl)cc21. The fraction of sp³-hybridized carbons (Fsp3) is 0.176. The molecular weight excluding hydrogens is 380 g/mol. The number of anilines is 2. The lowest BCUT2D eigenvalue weighted by Gasteiger charge is -2.21. The van der Waals surface area contributed by atoms with E-state index >= 15 is 0 Å². The lowest BCUT2D eigenvalue weighted by Crippen LogP contribution is -2.36. The van der Waals surface area contributed by atoms with Crippen LogP contribution in [0.1, 0.15) is 22.3 Å². The minimum atomic E-state index is -3.60. The molecule has 0 bridgehead atoms. The van der Waals surface area contributed by atoms with Gasteiger partial charge in [0.05, 0.1) is 18.4 Å². The van der Waals surface area contributed by atoms with Crippen molar-refractivity contribution in [3.05, 3.63) is 58.6 Å². The van der Waals surface area contributed by atoms with Crippen molar-refractivity contribution in [1.29, 1.82) is 0 Å². The largest absolute Gasteiger partial charge is 0.375 e. The first-order valence-electron chi connectivity index (χ1n) is 7.54. The van der Waals surface area contributed by atoms with Gasteiger partial charge < -0.3 is 10.4 Å². The number of hydrogen-bond acceptors (Lipinski definition) is 5. The Labute approximate surface area is 155 Å². The van der Waals surface area contributed by atoms with Crippen LogP contribution < -0.4 is 10.0 Å². The molecule has 136 valence electrons. The molecule has 7 nitrogen and oxygen atoms in total. The second-order valence-electron chi connectivity index (χ2n) is 6.02. The standard InChI is InChI=1S/C17H15ClN2O5S/c1-26(24,25)20-13-5-3-2-4-11(13)15(21)9-17(23)12-8-10(18)6-7-14(12)19-16(17)22/h2-8,20,23H,9H2,1H3,(H,19,22)/t17-/m1/s1. The van der Waals surface area contributed by atoms with Crippen molar-refractivity contribution >= 4 is 44.7 Å². The first-order valence-corrected chi connectivity index (χ1v) is 9.81. The molecule has 0 spiro atoms. The third kappa shape index (κ3) is 3.44. The van der Waals surface area contributed by atoms with Gasteiger partial charge in [-0.3, -0.25) is 14.3 Å². The number of hydrogen-bond donors (Lipinski definition) is 3. The van der Waals surface area contributed by atoms with Crippen molar-refractivity contribution in [2.45, 2.75) is 12.0 Å². The first kappa shape index (κ1) is 18.4. The minimum absolute atomic E-state index is 0.0506. The summed E-state index contributed by atoms with van der Waals surface area (Å²) in [4.78, 5) is 25.0. The van der Waals surface area contributed by atoms with E-state index in [2.05, 4.69) is 10.0 Å². The Hall–Kier alpha value is -2.42. The van der Waals surface area contributed by atoms with Gasteiger partial charge in [-0.1, -0.05) is 23.7 Å². The lowest BCUT2D eigenvalue weighted by molar-refractivity contribution is -0.133. The van der Waals surface area contributed by atoms with Crippen LogP contribution in [0, 0.1) is 0 Å². The van der Waals surface area contributed by atoms with Gasteiger partial charge in [-0.2, -0.15) is 0 Å². The van der Waals surface area contributed by atoms with Crippen molar-refractivity contribution < 1.29 is 23.1 Å². The smallest absolute Gasteiger partial charge is 0.261 e. The molecule has 9 heteroatoms. The Bertz CT molecular complexity index is 1020. The van der Waals surface area contributed by atoms with E-state index in [0.717, 1.165) is 6.26 Å². The number of Topliss-reactive ketones (excluding diaryl/α,β-unsaturated/α-hetero) is 1. The number of para-hydroxylation sites is 1.